The quantitative estimate of drug-likeness (QED) is 0.665. The molecule has 1 aliphatic rings. The van der Waals surface area contributed by atoms with Crippen LogP contribution in [0.1, 0.15) is 19.4 Å². The molecule has 32 heavy (non-hydrogen) atoms. The molecule has 2 aromatic carbocycles. The van der Waals surface area contributed by atoms with Crippen molar-refractivity contribution in [2.75, 3.05) is 12.8 Å². The first-order valence-electron chi connectivity index (χ1n) is 9.99. The third-order valence-corrected chi connectivity index (χ3v) is 6.30. The maximum Gasteiger partial charge on any atom is 0.283 e. The van der Waals surface area contributed by atoms with Gasteiger partial charge >= 0.3 is 0 Å². The number of rotatable bonds is 6. The van der Waals surface area contributed by atoms with Gasteiger partial charge in [-0.05, 0) is 29.7 Å². The molecular formula is C22H24ClF3N2O3S. The molecule has 1 fully saturated rings. The summed E-state index contributed by atoms with van der Waals surface area (Å²) in [6.07, 6.45) is 0.481. The third-order valence-electron chi connectivity index (χ3n) is 5.38. The minimum absolute atomic E-state index is 0.0898. The Morgan fingerprint density at radius 3 is 2.50 bits per heavy atom. The van der Waals surface area contributed by atoms with Crippen LogP contribution in [0.5, 0.6) is 0 Å². The summed E-state index contributed by atoms with van der Waals surface area (Å²) in [6, 6.07) is 7.96. The number of carbonyl (C=O) groups excluding carboxylic acids is 1. The lowest BCUT2D eigenvalue weighted by atomic mass is 9.95. The van der Waals surface area contributed by atoms with E-state index in [-0.39, 0.29) is 17.5 Å². The van der Waals surface area contributed by atoms with Gasteiger partial charge in [0.1, 0.15) is 11.9 Å². The van der Waals surface area contributed by atoms with Crippen LogP contribution in [0.15, 0.2) is 42.5 Å². The van der Waals surface area contributed by atoms with Crippen molar-refractivity contribution < 1.29 is 26.4 Å². The minimum Gasteiger partial charge on any atom is -0.331 e. The van der Waals surface area contributed by atoms with Gasteiger partial charge in [0.25, 0.3) is 5.92 Å². The van der Waals surface area contributed by atoms with E-state index >= 15 is 4.39 Å². The highest BCUT2D eigenvalue weighted by Crippen LogP contribution is 2.37. The van der Waals surface area contributed by atoms with Crippen LogP contribution in [-0.4, -0.2) is 50.0 Å². The lowest BCUT2D eigenvalue weighted by Gasteiger charge is -2.29. The number of hydrogen-bond acceptors (Lipinski definition) is 3. The zero-order valence-electron chi connectivity index (χ0n) is 17.8. The van der Waals surface area contributed by atoms with E-state index in [1.54, 1.807) is 44.2 Å². The molecule has 0 radical (unpaired) electrons. The number of alkyl halides is 2. The second-order valence-corrected chi connectivity index (χ2v) is 10.5. The first kappa shape index (κ1) is 24.5. The molecule has 5 nitrogen and oxygen atoms in total. The van der Waals surface area contributed by atoms with Gasteiger partial charge < -0.3 is 4.90 Å². The average molecular weight is 489 g/mol. The number of nitrogens with zero attached hydrogens (tertiary/aromatic N) is 1. The summed E-state index contributed by atoms with van der Waals surface area (Å²) in [5, 5.41) is 0.411. The van der Waals surface area contributed by atoms with Crippen LogP contribution in [0.4, 0.5) is 13.2 Å². The highest BCUT2D eigenvalue weighted by Gasteiger charge is 2.57. The molecule has 1 aliphatic heterocycles. The molecule has 0 spiro atoms. The molecule has 0 aromatic heterocycles. The first-order valence-corrected chi connectivity index (χ1v) is 12.3. The number of benzene rings is 2. The normalized spacial score (nSPS) is 20.7. The summed E-state index contributed by atoms with van der Waals surface area (Å²) < 4.78 is 70.6. The molecule has 1 amide bonds. The number of amides is 1. The zero-order valence-corrected chi connectivity index (χ0v) is 19.4. The molecule has 0 saturated carbocycles. The van der Waals surface area contributed by atoms with Crippen molar-refractivity contribution in [1.29, 1.82) is 0 Å². The van der Waals surface area contributed by atoms with Gasteiger partial charge in [-0.1, -0.05) is 55.8 Å². The van der Waals surface area contributed by atoms with Gasteiger partial charge in [-0.25, -0.2) is 26.3 Å². The fourth-order valence-corrected chi connectivity index (χ4v) is 4.92. The maximum absolute atomic E-state index is 15.4. The monoisotopic (exact) mass is 488 g/mol. The maximum atomic E-state index is 15.4. The summed E-state index contributed by atoms with van der Waals surface area (Å²) in [4.78, 5) is 13.6. The van der Waals surface area contributed by atoms with Gasteiger partial charge in [0, 0.05) is 16.5 Å². The molecule has 0 unspecified atom stereocenters. The lowest BCUT2D eigenvalue weighted by Crippen LogP contribution is -2.52. The van der Waals surface area contributed by atoms with E-state index in [1.165, 1.54) is 12.1 Å². The largest absolute Gasteiger partial charge is 0.331 e. The predicted octanol–water partition coefficient (Wildman–Crippen LogP) is 4.11. The van der Waals surface area contributed by atoms with Crippen molar-refractivity contribution >= 4 is 27.5 Å². The standard InChI is InChI=1S/C22H24ClF3N2O3S/c1-13(2)21(29)28-12-22(25,26)20(27-32(3,30)31)18(28)11-15-7-5-9-17(19(15)24)14-6-4-8-16(23)10-14/h4-10,13,18,20,27H,11-12H2,1-3H3/t18-,20+/m0/s1. The van der Waals surface area contributed by atoms with Gasteiger partial charge in [0.2, 0.25) is 15.9 Å². The second kappa shape index (κ2) is 9.03. The highest BCUT2D eigenvalue weighted by molar-refractivity contribution is 7.88. The molecule has 1 heterocycles. The van der Waals surface area contributed by atoms with Crippen LogP contribution in [0.3, 0.4) is 0 Å². The number of halogens is 4. The Morgan fingerprint density at radius 2 is 1.91 bits per heavy atom. The van der Waals surface area contributed by atoms with E-state index in [2.05, 4.69) is 0 Å². The van der Waals surface area contributed by atoms with Crippen LogP contribution in [0.25, 0.3) is 11.1 Å². The molecule has 0 aliphatic carbocycles. The van der Waals surface area contributed by atoms with Gasteiger partial charge in [-0.3, -0.25) is 4.79 Å². The number of hydrogen-bond donors (Lipinski definition) is 1. The third kappa shape index (κ3) is 5.27. The molecule has 0 bridgehead atoms. The van der Waals surface area contributed by atoms with E-state index in [0.29, 0.717) is 10.6 Å². The zero-order chi connectivity index (χ0) is 23.8. The Kier molecular flexibility index (Phi) is 6.93. The molecular weight excluding hydrogens is 465 g/mol. The smallest absolute Gasteiger partial charge is 0.283 e. The number of carbonyl (C=O) groups is 1. The number of nitrogens with one attached hydrogen (secondary N) is 1. The Bertz CT molecular complexity index is 1130. The fourth-order valence-electron chi connectivity index (χ4n) is 3.94. The molecule has 10 heteroatoms. The summed E-state index contributed by atoms with van der Waals surface area (Å²) in [5.41, 5.74) is 0.825. The van der Waals surface area contributed by atoms with Crippen molar-refractivity contribution in [2.24, 2.45) is 5.92 Å². The number of sulfonamides is 1. The van der Waals surface area contributed by atoms with Gasteiger partial charge in [0.05, 0.1) is 18.8 Å². The SMILES string of the molecule is CC(C)C(=O)N1CC(F)(F)[C@H](NS(C)(=O)=O)[C@@H]1Cc1cccc(-c2cccc(Cl)c2)c1F. The Morgan fingerprint density at radius 1 is 1.25 bits per heavy atom. The van der Waals surface area contributed by atoms with Gasteiger partial charge in [-0.2, -0.15) is 0 Å². The summed E-state index contributed by atoms with van der Waals surface area (Å²) in [7, 11) is -4.02. The molecule has 3 rings (SSSR count). The van der Waals surface area contributed by atoms with E-state index in [1.807, 2.05) is 4.72 Å². The van der Waals surface area contributed by atoms with Gasteiger partial charge in [0.15, 0.2) is 0 Å². The van der Waals surface area contributed by atoms with E-state index in [4.69, 9.17) is 11.6 Å². The first-order chi connectivity index (χ1) is 14.8. The summed E-state index contributed by atoms with van der Waals surface area (Å²) in [5.74, 6) is -5.30. The molecule has 2 aromatic rings. The van der Waals surface area contributed by atoms with Crippen molar-refractivity contribution in [3.63, 3.8) is 0 Å². The second-order valence-electron chi connectivity index (χ2n) is 8.31. The van der Waals surface area contributed by atoms with Crippen molar-refractivity contribution in [2.45, 2.75) is 38.3 Å². The van der Waals surface area contributed by atoms with Crippen molar-refractivity contribution in [3.8, 4) is 11.1 Å². The van der Waals surface area contributed by atoms with Crippen LogP contribution in [0.2, 0.25) is 5.02 Å². The van der Waals surface area contributed by atoms with Crippen molar-refractivity contribution in [3.05, 3.63) is 58.9 Å². The highest BCUT2D eigenvalue weighted by atomic mass is 35.5. The summed E-state index contributed by atoms with van der Waals surface area (Å²) >= 11 is 6.00. The van der Waals surface area contributed by atoms with Crippen molar-refractivity contribution in [1.82, 2.24) is 9.62 Å². The molecule has 174 valence electrons. The number of likely N-dealkylation sites (tertiary alicyclic amines) is 1. The lowest BCUT2D eigenvalue weighted by molar-refractivity contribution is -0.136. The fraction of sp³-hybridized carbons (Fsp3) is 0.409. The van der Waals surface area contributed by atoms with Gasteiger partial charge in [-0.15, -0.1) is 0 Å². The minimum atomic E-state index is -4.02. The van der Waals surface area contributed by atoms with Crippen LogP contribution in [0, 0.1) is 11.7 Å². The average Bonchev–Trinajstić information content (AvgIpc) is 2.92. The Hall–Kier alpha value is -2.10. The molecule has 1 N–H and O–H groups in total. The van der Waals surface area contributed by atoms with Crippen LogP contribution >= 0.6 is 11.6 Å². The Balaban J connectivity index is 2.04. The van der Waals surface area contributed by atoms with E-state index in [9.17, 15) is 22.0 Å². The van der Waals surface area contributed by atoms with Crippen LogP contribution in [-0.2, 0) is 21.2 Å². The van der Waals surface area contributed by atoms with E-state index in [0.717, 1.165) is 11.2 Å². The van der Waals surface area contributed by atoms with E-state index < -0.39 is 52.2 Å². The predicted molar refractivity (Wildman–Crippen MR) is 118 cm³/mol. The summed E-state index contributed by atoms with van der Waals surface area (Å²) in [6.45, 7) is 2.18. The molecule has 1 saturated heterocycles. The Labute approximate surface area is 190 Å². The molecule has 2 atom stereocenters. The van der Waals surface area contributed by atoms with Crippen LogP contribution < -0.4 is 4.72 Å². The topological polar surface area (TPSA) is 66.5 Å².